The second kappa shape index (κ2) is 18.4. The molecule has 1 aliphatic carbocycles. The highest BCUT2D eigenvalue weighted by Gasteiger charge is 2.42. The Morgan fingerprint density at radius 1 is 0.833 bits per heavy atom. The van der Waals surface area contributed by atoms with Crippen LogP contribution >= 0.6 is 0 Å². The Bertz CT molecular complexity index is 1350. The number of hydrogen-bond donors (Lipinski definition) is 1. The lowest BCUT2D eigenvalue weighted by Crippen LogP contribution is -2.47. The molecule has 4 amide bonds. The fourth-order valence-corrected chi connectivity index (χ4v) is 7.38. The molecule has 0 bridgehead atoms. The van der Waals surface area contributed by atoms with Gasteiger partial charge >= 0.3 is 6.03 Å². The Labute approximate surface area is 289 Å². The van der Waals surface area contributed by atoms with Gasteiger partial charge in [0.15, 0.2) is 0 Å². The van der Waals surface area contributed by atoms with Crippen LogP contribution in [0.4, 0.5) is 4.79 Å². The molecule has 3 rings (SSSR count). The van der Waals surface area contributed by atoms with Crippen LogP contribution in [0, 0.1) is 16.7 Å². The highest BCUT2D eigenvalue weighted by atomic mass is 16.2. The van der Waals surface area contributed by atoms with E-state index < -0.39 is 0 Å². The highest BCUT2D eigenvalue weighted by Crippen LogP contribution is 2.49. The molecule has 7 heteroatoms. The fourth-order valence-electron chi connectivity index (χ4n) is 7.38. The quantitative estimate of drug-likeness (QED) is 0.176. The fraction of sp³-hybridized carbons (Fsp3) is 0.488. The third kappa shape index (κ3) is 12.8. The minimum atomic E-state index is -0.124. The van der Waals surface area contributed by atoms with E-state index in [-0.39, 0.29) is 34.6 Å². The molecule has 1 aliphatic rings. The number of carbonyl (C=O) groups excluding carboxylic acids is 3. The lowest BCUT2D eigenvalue weighted by molar-refractivity contribution is -0.132. The van der Waals surface area contributed by atoms with Gasteiger partial charge in [0.25, 0.3) is 0 Å². The van der Waals surface area contributed by atoms with Gasteiger partial charge in [-0.1, -0.05) is 113 Å². The van der Waals surface area contributed by atoms with Crippen molar-refractivity contribution in [2.75, 3.05) is 33.7 Å². The monoisotopic (exact) mass is 654 g/mol. The zero-order valence-corrected chi connectivity index (χ0v) is 30.0. The number of rotatable bonds is 17. The molecule has 2 unspecified atom stereocenters. The standard InChI is InChI=1S/C41H58N4O3/c1-8-17-33(9-2)22-23-37(46)43(6)24-16-25-44(7)38(47)26-36-27-40(3,4)31-41(5,28-36)32-42-39(48)45(29-34-18-12-10-13-19-34)30-35-20-14-11-15-21-35/h8-15,17-21,36H,1-2,16,22-32H2,3-7H3,(H,42,48)/b33-17+. The number of allylic oxidation sites excluding steroid dienone is 4. The van der Waals surface area contributed by atoms with E-state index in [2.05, 4.69) is 63.5 Å². The average Bonchev–Trinajstić information content (AvgIpc) is 3.05. The summed E-state index contributed by atoms with van der Waals surface area (Å²) in [5.41, 5.74) is 3.11. The summed E-state index contributed by atoms with van der Waals surface area (Å²) in [6.45, 7) is 17.1. The van der Waals surface area contributed by atoms with E-state index in [0.29, 0.717) is 52.0 Å². The van der Waals surface area contributed by atoms with E-state index in [9.17, 15) is 14.4 Å². The molecule has 7 nitrogen and oxygen atoms in total. The molecule has 1 saturated carbocycles. The van der Waals surface area contributed by atoms with Gasteiger partial charge in [0.2, 0.25) is 11.8 Å². The second-order valence-electron chi connectivity index (χ2n) is 14.8. The Kier molecular flexibility index (Phi) is 14.7. The predicted octanol–water partition coefficient (Wildman–Crippen LogP) is 8.01. The van der Waals surface area contributed by atoms with E-state index >= 15 is 0 Å². The van der Waals surface area contributed by atoms with Gasteiger partial charge in [-0.25, -0.2) is 4.79 Å². The number of carbonyl (C=O) groups is 3. The van der Waals surface area contributed by atoms with Crippen molar-refractivity contribution in [2.45, 2.75) is 78.8 Å². The molecule has 2 aromatic carbocycles. The minimum Gasteiger partial charge on any atom is -0.346 e. The number of amides is 4. The van der Waals surface area contributed by atoms with Crippen molar-refractivity contribution < 1.29 is 14.4 Å². The van der Waals surface area contributed by atoms with Gasteiger partial charge in [-0.3, -0.25) is 9.59 Å². The molecule has 0 heterocycles. The Morgan fingerprint density at radius 2 is 1.40 bits per heavy atom. The zero-order valence-electron chi connectivity index (χ0n) is 30.0. The van der Waals surface area contributed by atoms with Gasteiger partial charge in [-0.05, 0) is 65.6 Å². The first-order valence-electron chi connectivity index (χ1n) is 17.4. The third-order valence-electron chi connectivity index (χ3n) is 9.44. The number of benzene rings is 2. The molecule has 2 aromatic rings. The Balaban J connectivity index is 1.53. The molecule has 260 valence electrons. The van der Waals surface area contributed by atoms with Crippen LogP contribution in [0.3, 0.4) is 0 Å². The van der Waals surface area contributed by atoms with Crippen molar-refractivity contribution in [2.24, 2.45) is 16.7 Å². The number of urea groups is 1. The molecule has 0 aliphatic heterocycles. The van der Waals surface area contributed by atoms with Crippen molar-refractivity contribution in [3.63, 3.8) is 0 Å². The van der Waals surface area contributed by atoms with E-state index in [1.807, 2.05) is 66.4 Å². The summed E-state index contributed by atoms with van der Waals surface area (Å²) in [7, 11) is 3.68. The van der Waals surface area contributed by atoms with Gasteiger partial charge in [0.1, 0.15) is 0 Å². The maximum Gasteiger partial charge on any atom is 0.318 e. The topological polar surface area (TPSA) is 73.0 Å². The SMILES string of the molecule is C=C/C=C(\C=C)CCC(=O)N(C)CCCN(C)C(=O)CC1CC(C)(C)CC(C)(CNC(=O)N(Cc2ccccc2)Cc2ccccc2)C1. The van der Waals surface area contributed by atoms with Crippen molar-refractivity contribution in [3.05, 3.63) is 109 Å². The van der Waals surface area contributed by atoms with Crippen LogP contribution in [0.15, 0.2) is 97.6 Å². The first-order chi connectivity index (χ1) is 22.8. The number of hydrogen-bond acceptors (Lipinski definition) is 3. The zero-order chi connectivity index (χ0) is 35.2. The Morgan fingerprint density at radius 3 is 1.94 bits per heavy atom. The molecule has 0 saturated heterocycles. The van der Waals surface area contributed by atoms with Crippen LogP contribution in [0.5, 0.6) is 0 Å². The largest absolute Gasteiger partial charge is 0.346 e. The molecular weight excluding hydrogens is 596 g/mol. The van der Waals surface area contributed by atoms with Crippen LogP contribution < -0.4 is 5.32 Å². The van der Waals surface area contributed by atoms with Gasteiger partial charge in [-0.15, -0.1) is 0 Å². The van der Waals surface area contributed by atoms with Crippen LogP contribution in [0.2, 0.25) is 0 Å². The van der Waals surface area contributed by atoms with Crippen LogP contribution in [0.25, 0.3) is 0 Å². The van der Waals surface area contributed by atoms with Gasteiger partial charge in [-0.2, -0.15) is 0 Å². The number of nitrogens with one attached hydrogen (secondary N) is 1. The Hall–Kier alpha value is -4.13. The minimum absolute atomic E-state index is 0.0599. The van der Waals surface area contributed by atoms with E-state index in [1.54, 1.807) is 17.1 Å². The maximum atomic E-state index is 13.7. The van der Waals surface area contributed by atoms with Crippen molar-refractivity contribution in [1.29, 1.82) is 0 Å². The molecule has 0 radical (unpaired) electrons. The molecule has 2 atom stereocenters. The van der Waals surface area contributed by atoms with Gasteiger partial charge in [0, 0.05) is 59.7 Å². The van der Waals surface area contributed by atoms with E-state index in [1.165, 1.54) is 0 Å². The molecule has 1 N–H and O–H groups in total. The lowest BCUT2D eigenvalue weighted by atomic mass is 9.60. The highest BCUT2D eigenvalue weighted by molar-refractivity contribution is 5.77. The summed E-state index contributed by atoms with van der Waals surface area (Å²) in [6, 6.07) is 20.1. The maximum absolute atomic E-state index is 13.7. The van der Waals surface area contributed by atoms with E-state index in [4.69, 9.17) is 0 Å². The summed E-state index contributed by atoms with van der Waals surface area (Å²) in [5, 5.41) is 3.29. The van der Waals surface area contributed by atoms with E-state index in [0.717, 1.165) is 42.4 Å². The van der Waals surface area contributed by atoms with Crippen molar-refractivity contribution >= 4 is 17.8 Å². The normalized spacial score (nSPS) is 18.8. The summed E-state index contributed by atoms with van der Waals surface area (Å²) in [6.07, 6.45) is 10.5. The average molecular weight is 655 g/mol. The summed E-state index contributed by atoms with van der Waals surface area (Å²) in [5.74, 6) is 0.460. The van der Waals surface area contributed by atoms with Crippen molar-refractivity contribution in [1.82, 2.24) is 20.0 Å². The first-order valence-corrected chi connectivity index (χ1v) is 17.4. The molecule has 0 spiro atoms. The summed E-state index contributed by atoms with van der Waals surface area (Å²) < 4.78 is 0. The number of nitrogens with zero attached hydrogens (tertiary/aromatic N) is 3. The summed E-state index contributed by atoms with van der Waals surface area (Å²) >= 11 is 0. The first kappa shape index (κ1) is 38.3. The molecule has 1 fully saturated rings. The van der Waals surface area contributed by atoms with Gasteiger partial charge in [0.05, 0.1) is 0 Å². The predicted molar refractivity (Wildman–Crippen MR) is 197 cm³/mol. The molecular formula is C41H58N4O3. The third-order valence-corrected chi connectivity index (χ3v) is 9.44. The molecule has 0 aromatic heterocycles. The van der Waals surface area contributed by atoms with Crippen molar-refractivity contribution in [3.8, 4) is 0 Å². The van der Waals surface area contributed by atoms with Crippen LogP contribution in [0.1, 0.15) is 76.8 Å². The van der Waals surface area contributed by atoms with Crippen LogP contribution in [-0.2, 0) is 22.7 Å². The molecule has 48 heavy (non-hydrogen) atoms. The lowest BCUT2D eigenvalue weighted by Gasteiger charge is -2.47. The smallest absolute Gasteiger partial charge is 0.318 e. The van der Waals surface area contributed by atoms with Crippen LogP contribution in [-0.4, -0.2) is 66.3 Å². The summed E-state index contributed by atoms with van der Waals surface area (Å²) in [4.78, 5) is 45.1. The second-order valence-corrected chi connectivity index (χ2v) is 14.8. The van der Waals surface area contributed by atoms with Gasteiger partial charge < -0.3 is 20.0 Å².